The summed E-state index contributed by atoms with van der Waals surface area (Å²) in [7, 11) is 4.04. The lowest BCUT2D eigenvalue weighted by Crippen LogP contribution is -2.18. The van der Waals surface area contributed by atoms with Gasteiger partial charge in [-0.25, -0.2) is 0 Å². The predicted octanol–water partition coefficient (Wildman–Crippen LogP) is 2.99. The zero-order valence-electron chi connectivity index (χ0n) is 11.4. The smallest absolute Gasteiger partial charge is 0.143 e. The van der Waals surface area contributed by atoms with E-state index in [1.165, 1.54) is 12.8 Å². The third kappa shape index (κ3) is 2.90. The van der Waals surface area contributed by atoms with Gasteiger partial charge in [-0.2, -0.15) is 0 Å². The van der Waals surface area contributed by atoms with Crippen molar-refractivity contribution in [3.63, 3.8) is 0 Å². The van der Waals surface area contributed by atoms with Gasteiger partial charge in [0.1, 0.15) is 5.75 Å². The van der Waals surface area contributed by atoms with Gasteiger partial charge in [-0.3, -0.25) is 4.98 Å². The van der Waals surface area contributed by atoms with Crippen LogP contribution in [0.25, 0.3) is 0 Å². The van der Waals surface area contributed by atoms with Gasteiger partial charge in [-0.1, -0.05) is 20.8 Å². The molecule has 0 unspecified atom stereocenters. The summed E-state index contributed by atoms with van der Waals surface area (Å²) >= 11 is 0. The molecule has 0 N–H and O–H groups in total. The van der Waals surface area contributed by atoms with Crippen molar-refractivity contribution in [2.24, 2.45) is 0 Å². The Morgan fingerprint density at radius 1 is 1.29 bits per heavy atom. The summed E-state index contributed by atoms with van der Waals surface area (Å²) in [5, 5.41) is 0. The van der Waals surface area contributed by atoms with E-state index in [9.17, 15) is 0 Å². The monoisotopic (exact) mass is 234 g/mol. The minimum atomic E-state index is 0.0229. The number of nitrogens with zero attached hydrogens (tertiary/aromatic N) is 2. The number of aromatic nitrogens is 1. The van der Waals surface area contributed by atoms with Crippen LogP contribution in [0.2, 0.25) is 0 Å². The molecule has 0 atom stereocenters. The Hall–Kier alpha value is -1.25. The maximum atomic E-state index is 5.98. The summed E-state index contributed by atoms with van der Waals surface area (Å²) in [6.45, 7) is 6.51. The first-order chi connectivity index (χ1) is 7.88. The van der Waals surface area contributed by atoms with Gasteiger partial charge in [0.05, 0.1) is 23.7 Å². The minimum Gasteiger partial charge on any atom is -0.488 e. The van der Waals surface area contributed by atoms with E-state index in [2.05, 4.69) is 36.7 Å². The fourth-order valence-electron chi connectivity index (χ4n) is 1.70. The molecule has 3 heteroatoms. The van der Waals surface area contributed by atoms with Crippen LogP contribution in [0.5, 0.6) is 5.75 Å². The normalized spacial score (nSPS) is 15.8. The number of rotatable bonds is 3. The topological polar surface area (TPSA) is 25.4 Å². The molecule has 0 spiro atoms. The van der Waals surface area contributed by atoms with Gasteiger partial charge in [0.15, 0.2) is 0 Å². The Bertz CT molecular complexity index is 403. The first-order valence-electron chi connectivity index (χ1n) is 6.22. The number of anilines is 1. The highest BCUT2D eigenvalue weighted by atomic mass is 16.5. The van der Waals surface area contributed by atoms with Crippen molar-refractivity contribution in [1.82, 2.24) is 4.98 Å². The molecular weight excluding hydrogens is 212 g/mol. The van der Waals surface area contributed by atoms with Crippen LogP contribution >= 0.6 is 0 Å². The van der Waals surface area contributed by atoms with Gasteiger partial charge in [0.25, 0.3) is 0 Å². The summed E-state index contributed by atoms with van der Waals surface area (Å²) in [6, 6.07) is 2.10. The SMILES string of the molecule is CN(C)c1cnc(C(C)(C)C)c(OC2CC2)c1. The minimum absolute atomic E-state index is 0.0229. The molecule has 1 aromatic heterocycles. The molecule has 3 nitrogen and oxygen atoms in total. The van der Waals surface area contributed by atoms with Crippen LogP contribution in [-0.2, 0) is 5.41 Å². The Labute approximate surface area is 104 Å². The molecule has 17 heavy (non-hydrogen) atoms. The van der Waals surface area contributed by atoms with Gasteiger partial charge in [0.2, 0.25) is 0 Å². The van der Waals surface area contributed by atoms with Crippen LogP contribution in [0.4, 0.5) is 5.69 Å². The largest absolute Gasteiger partial charge is 0.488 e. The third-order valence-electron chi connectivity index (χ3n) is 2.88. The molecule has 0 saturated heterocycles. The number of hydrogen-bond donors (Lipinski definition) is 0. The molecule has 0 radical (unpaired) electrons. The highest BCUT2D eigenvalue weighted by Crippen LogP contribution is 2.35. The summed E-state index contributed by atoms with van der Waals surface area (Å²) < 4.78 is 5.98. The van der Waals surface area contributed by atoms with Crippen LogP contribution in [0.15, 0.2) is 12.3 Å². The predicted molar refractivity (Wildman–Crippen MR) is 70.9 cm³/mol. The van der Waals surface area contributed by atoms with Crippen LogP contribution < -0.4 is 9.64 Å². The molecule has 0 aromatic carbocycles. The molecule has 0 bridgehead atoms. The van der Waals surface area contributed by atoms with E-state index in [4.69, 9.17) is 4.74 Å². The molecule has 1 saturated carbocycles. The summed E-state index contributed by atoms with van der Waals surface area (Å²) in [5.41, 5.74) is 2.17. The van der Waals surface area contributed by atoms with Gasteiger partial charge in [0, 0.05) is 25.6 Å². The highest BCUT2D eigenvalue weighted by molar-refractivity contribution is 5.50. The Morgan fingerprint density at radius 2 is 1.94 bits per heavy atom. The van der Waals surface area contributed by atoms with E-state index in [1.807, 2.05) is 20.3 Å². The van der Waals surface area contributed by atoms with E-state index >= 15 is 0 Å². The molecule has 1 aliphatic carbocycles. The maximum Gasteiger partial charge on any atom is 0.143 e. The zero-order chi connectivity index (χ0) is 12.6. The van der Waals surface area contributed by atoms with Gasteiger partial charge in [-0.05, 0) is 12.8 Å². The van der Waals surface area contributed by atoms with Crippen LogP contribution in [0.1, 0.15) is 39.3 Å². The van der Waals surface area contributed by atoms with Gasteiger partial charge in [-0.15, -0.1) is 0 Å². The third-order valence-corrected chi connectivity index (χ3v) is 2.88. The van der Waals surface area contributed by atoms with Crippen molar-refractivity contribution in [2.75, 3.05) is 19.0 Å². The lowest BCUT2D eigenvalue weighted by atomic mass is 9.91. The Balaban J connectivity index is 2.36. The Morgan fingerprint density at radius 3 is 2.41 bits per heavy atom. The van der Waals surface area contributed by atoms with Crippen molar-refractivity contribution in [1.29, 1.82) is 0 Å². The van der Waals surface area contributed by atoms with E-state index in [1.54, 1.807) is 0 Å². The quantitative estimate of drug-likeness (QED) is 0.804. The van der Waals surface area contributed by atoms with Crippen molar-refractivity contribution in [3.05, 3.63) is 18.0 Å². The maximum absolute atomic E-state index is 5.98. The van der Waals surface area contributed by atoms with Crippen LogP contribution in [0.3, 0.4) is 0 Å². The van der Waals surface area contributed by atoms with Crippen molar-refractivity contribution in [2.45, 2.75) is 45.1 Å². The van der Waals surface area contributed by atoms with Gasteiger partial charge < -0.3 is 9.64 Å². The first-order valence-corrected chi connectivity index (χ1v) is 6.22. The second-order valence-corrected chi connectivity index (χ2v) is 6.00. The van der Waals surface area contributed by atoms with E-state index in [0.29, 0.717) is 6.10 Å². The van der Waals surface area contributed by atoms with Crippen molar-refractivity contribution in [3.8, 4) is 5.75 Å². The molecule has 1 aromatic rings. The average molecular weight is 234 g/mol. The van der Waals surface area contributed by atoms with Crippen molar-refractivity contribution < 1.29 is 4.74 Å². The molecule has 94 valence electrons. The zero-order valence-corrected chi connectivity index (χ0v) is 11.4. The van der Waals surface area contributed by atoms with Crippen molar-refractivity contribution >= 4 is 5.69 Å². The highest BCUT2D eigenvalue weighted by Gasteiger charge is 2.28. The fraction of sp³-hybridized carbons (Fsp3) is 0.643. The molecule has 1 heterocycles. The molecule has 1 fully saturated rings. The summed E-state index contributed by atoms with van der Waals surface area (Å²) in [5.74, 6) is 0.950. The van der Waals surface area contributed by atoms with Gasteiger partial charge >= 0.3 is 0 Å². The molecule has 0 amide bonds. The summed E-state index contributed by atoms with van der Waals surface area (Å²) in [4.78, 5) is 6.64. The van der Waals surface area contributed by atoms with Crippen LogP contribution in [0, 0.1) is 0 Å². The second-order valence-electron chi connectivity index (χ2n) is 6.00. The Kier molecular flexibility index (Phi) is 3.02. The van der Waals surface area contributed by atoms with Crippen LogP contribution in [-0.4, -0.2) is 25.2 Å². The molecule has 2 rings (SSSR count). The molecular formula is C14H22N2O. The first kappa shape index (κ1) is 12.2. The fourth-order valence-corrected chi connectivity index (χ4v) is 1.70. The van der Waals surface area contributed by atoms with E-state index in [-0.39, 0.29) is 5.41 Å². The standard InChI is InChI=1S/C14H22N2O/c1-14(2,3)13-12(17-11-6-7-11)8-10(9-15-13)16(4)5/h8-9,11H,6-7H2,1-5H3. The number of hydrogen-bond acceptors (Lipinski definition) is 3. The van der Waals surface area contributed by atoms with E-state index < -0.39 is 0 Å². The number of ether oxygens (including phenoxy) is 1. The lowest BCUT2D eigenvalue weighted by Gasteiger charge is -2.23. The molecule has 1 aliphatic rings. The average Bonchev–Trinajstić information content (AvgIpc) is 2.99. The lowest BCUT2D eigenvalue weighted by molar-refractivity contribution is 0.292. The summed E-state index contributed by atoms with van der Waals surface area (Å²) in [6.07, 6.45) is 4.68. The second kappa shape index (κ2) is 4.21. The number of pyridine rings is 1. The van der Waals surface area contributed by atoms with E-state index in [0.717, 1.165) is 17.1 Å². The molecule has 0 aliphatic heterocycles.